The lowest BCUT2D eigenvalue weighted by Gasteiger charge is -2.06. The van der Waals surface area contributed by atoms with Gasteiger partial charge >= 0.3 is 5.97 Å². The van der Waals surface area contributed by atoms with Crippen LogP contribution in [0.2, 0.25) is 0 Å². The predicted molar refractivity (Wildman–Crippen MR) is 80.1 cm³/mol. The summed E-state index contributed by atoms with van der Waals surface area (Å²) in [5, 5.41) is 8.93. The van der Waals surface area contributed by atoms with E-state index in [-0.39, 0.29) is 11.3 Å². The molecule has 1 aromatic heterocycles. The summed E-state index contributed by atoms with van der Waals surface area (Å²) in [6.07, 6.45) is 1.98. The average molecular weight is 326 g/mol. The average Bonchev–Trinajstić information content (AvgIpc) is 2.81. The smallest absolute Gasteiger partial charge is 0.303 e. The Labute approximate surface area is 126 Å². The molecule has 0 aliphatic heterocycles. The maximum atomic E-state index is 12.1. The van der Waals surface area contributed by atoms with Crippen LogP contribution in [-0.2, 0) is 21.2 Å². The molecule has 6 nitrogen and oxygen atoms in total. The Morgan fingerprint density at radius 1 is 1.33 bits per heavy atom. The zero-order valence-corrected chi connectivity index (χ0v) is 12.9. The van der Waals surface area contributed by atoms with Crippen molar-refractivity contribution in [2.75, 3.05) is 4.72 Å². The third-order valence-electron chi connectivity index (χ3n) is 2.70. The number of aryl methyl sites for hydroxylation is 2. The van der Waals surface area contributed by atoms with Crippen LogP contribution in [0, 0.1) is 6.92 Å². The first-order valence-corrected chi connectivity index (χ1v) is 8.43. The summed E-state index contributed by atoms with van der Waals surface area (Å²) < 4.78 is 26.7. The zero-order valence-electron chi connectivity index (χ0n) is 11.2. The van der Waals surface area contributed by atoms with Gasteiger partial charge in [-0.05, 0) is 31.0 Å². The van der Waals surface area contributed by atoms with Gasteiger partial charge in [0.15, 0.2) is 5.13 Å². The Morgan fingerprint density at radius 2 is 2.00 bits per heavy atom. The van der Waals surface area contributed by atoms with Gasteiger partial charge in [0.05, 0.1) is 4.90 Å². The number of carboxylic acids is 1. The van der Waals surface area contributed by atoms with E-state index in [0.717, 1.165) is 10.4 Å². The van der Waals surface area contributed by atoms with Gasteiger partial charge < -0.3 is 5.11 Å². The fourth-order valence-electron chi connectivity index (χ4n) is 1.66. The highest BCUT2D eigenvalue weighted by Crippen LogP contribution is 2.21. The van der Waals surface area contributed by atoms with Gasteiger partial charge in [-0.15, -0.1) is 11.3 Å². The summed E-state index contributed by atoms with van der Waals surface area (Å²) in [5.74, 6) is -0.882. The second-order valence-electron chi connectivity index (χ2n) is 4.42. The Bertz CT molecular complexity index is 736. The molecule has 2 N–H and O–H groups in total. The molecule has 0 saturated carbocycles. The number of anilines is 1. The molecule has 21 heavy (non-hydrogen) atoms. The number of aliphatic carboxylic acids is 1. The van der Waals surface area contributed by atoms with Gasteiger partial charge in [0.25, 0.3) is 10.0 Å². The number of hydrogen-bond donors (Lipinski definition) is 2. The molecular weight excluding hydrogens is 312 g/mol. The number of hydrogen-bond acceptors (Lipinski definition) is 5. The number of nitrogens with zero attached hydrogens (tertiary/aromatic N) is 1. The van der Waals surface area contributed by atoms with Crippen molar-refractivity contribution in [3.63, 3.8) is 0 Å². The zero-order chi connectivity index (χ0) is 15.5. The first-order chi connectivity index (χ1) is 9.87. The highest BCUT2D eigenvalue weighted by molar-refractivity contribution is 7.93. The number of benzene rings is 1. The summed E-state index contributed by atoms with van der Waals surface area (Å²) in [7, 11) is -3.67. The standard InChI is InChI=1S/C13H14N2O4S2/c1-9-8-14-13(20-9)15-21(18,19)11-5-2-10(3-6-11)4-7-12(16)17/h2-3,5-6,8H,4,7H2,1H3,(H,14,15)(H,16,17). The lowest BCUT2D eigenvalue weighted by Crippen LogP contribution is -2.12. The van der Waals surface area contributed by atoms with Crippen LogP contribution in [0.4, 0.5) is 5.13 Å². The minimum Gasteiger partial charge on any atom is -0.481 e. The van der Waals surface area contributed by atoms with Gasteiger partial charge in [0.1, 0.15) is 0 Å². The molecule has 0 amide bonds. The number of carbonyl (C=O) groups is 1. The van der Waals surface area contributed by atoms with Gasteiger partial charge in [-0.3, -0.25) is 9.52 Å². The van der Waals surface area contributed by atoms with Crippen molar-refractivity contribution in [1.29, 1.82) is 0 Å². The minimum absolute atomic E-state index is 0.0166. The quantitative estimate of drug-likeness (QED) is 0.849. The Kier molecular flexibility index (Phi) is 4.59. The molecule has 0 bridgehead atoms. The van der Waals surface area contributed by atoms with Gasteiger partial charge in [-0.1, -0.05) is 12.1 Å². The van der Waals surface area contributed by atoms with Crippen LogP contribution in [0.5, 0.6) is 0 Å². The normalized spacial score (nSPS) is 11.3. The van der Waals surface area contributed by atoms with E-state index in [2.05, 4.69) is 9.71 Å². The van der Waals surface area contributed by atoms with E-state index in [4.69, 9.17) is 5.11 Å². The van der Waals surface area contributed by atoms with Crippen molar-refractivity contribution in [2.24, 2.45) is 0 Å². The molecule has 0 aliphatic rings. The number of carboxylic acid groups (broad SMARTS) is 1. The van der Waals surface area contributed by atoms with E-state index >= 15 is 0 Å². The second-order valence-corrected chi connectivity index (χ2v) is 7.34. The molecule has 2 rings (SSSR count). The van der Waals surface area contributed by atoms with Crippen LogP contribution in [0.3, 0.4) is 0 Å². The number of aromatic nitrogens is 1. The van der Waals surface area contributed by atoms with E-state index < -0.39 is 16.0 Å². The molecule has 2 aromatic rings. The van der Waals surface area contributed by atoms with Crippen LogP contribution < -0.4 is 4.72 Å². The van der Waals surface area contributed by atoms with Gasteiger partial charge in [0, 0.05) is 17.5 Å². The highest BCUT2D eigenvalue weighted by atomic mass is 32.2. The number of sulfonamides is 1. The summed E-state index contributed by atoms with van der Waals surface area (Å²) in [6, 6.07) is 6.15. The first kappa shape index (κ1) is 15.5. The van der Waals surface area contributed by atoms with E-state index in [1.807, 2.05) is 6.92 Å². The number of rotatable bonds is 6. The molecule has 0 fully saturated rings. The van der Waals surface area contributed by atoms with E-state index in [0.29, 0.717) is 11.6 Å². The molecule has 0 atom stereocenters. The van der Waals surface area contributed by atoms with Crippen molar-refractivity contribution >= 4 is 32.5 Å². The molecule has 1 aromatic carbocycles. The number of nitrogens with one attached hydrogen (secondary N) is 1. The molecule has 0 aliphatic carbocycles. The fraction of sp³-hybridized carbons (Fsp3) is 0.231. The van der Waals surface area contributed by atoms with Gasteiger partial charge in [-0.25, -0.2) is 13.4 Å². The topological polar surface area (TPSA) is 96.4 Å². The Balaban J connectivity index is 2.11. The second kappa shape index (κ2) is 6.23. The SMILES string of the molecule is Cc1cnc(NS(=O)(=O)c2ccc(CCC(=O)O)cc2)s1. The molecular formula is C13H14N2O4S2. The lowest BCUT2D eigenvalue weighted by molar-refractivity contribution is -0.136. The summed E-state index contributed by atoms with van der Waals surface area (Å²) in [4.78, 5) is 15.5. The highest BCUT2D eigenvalue weighted by Gasteiger charge is 2.15. The van der Waals surface area contributed by atoms with E-state index in [1.54, 1.807) is 18.3 Å². The molecule has 1 heterocycles. The van der Waals surface area contributed by atoms with Gasteiger partial charge in [0.2, 0.25) is 0 Å². The maximum absolute atomic E-state index is 12.1. The number of thiazole rings is 1. The Morgan fingerprint density at radius 3 is 2.52 bits per heavy atom. The van der Waals surface area contributed by atoms with Gasteiger partial charge in [-0.2, -0.15) is 0 Å². The third kappa shape index (κ3) is 4.27. The molecule has 112 valence electrons. The predicted octanol–water partition coefficient (Wildman–Crippen LogP) is 2.27. The summed E-state index contributed by atoms with van der Waals surface area (Å²) >= 11 is 1.26. The van der Waals surface area contributed by atoms with Crippen LogP contribution in [0.15, 0.2) is 35.4 Å². The molecule has 8 heteroatoms. The minimum atomic E-state index is -3.67. The van der Waals surface area contributed by atoms with Crippen LogP contribution in [0.25, 0.3) is 0 Å². The van der Waals surface area contributed by atoms with E-state index in [9.17, 15) is 13.2 Å². The van der Waals surface area contributed by atoms with Crippen molar-refractivity contribution in [2.45, 2.75) is 24.7 Å². The van der Waals surface area contributed by atoms with Crippen LogP contribution in [-0.4, -0.2) is 24.5 Å². The maximum Gasteiger partial charge on any atom is 0.303 e. The molecule has 0 radical (unpaired) electrons. The van der Waals surface area contributed by atoms with Crippen LogP contribution >= 0.6 is 11.3 Å². The fourth-order valence-corrected chi connectivity index (χ4v) is 3.57. The summed E-state index contributed by atoms with van der Waals surface area (Å²) in [5.41, 5.74) is 0.779. The summed E-state index contributed by atoms with van der Waals surface area (Å²) in [6.45, 7) is 1.84. The van der Waals surface area contributed by atoms with Crippen molar-refractivity contribution < 1.29 is 18.3 Å². The molecule has 0 spiro atoms. The van der Waals surface area contributed by atoms with E-state index in [1.165, 1.54) is 23.5 Å². The van der Waals surface area contributed by atoms with Crippen LogP contribution in [0.1, 0.15) is 16.9 Å². The molecule has 0 saturated heterocycles. The molecule has 0 unspecified atom stereocenters. The monoisotopic (exact) mass is 326 g/mol. The Hall–Kier alpha value is -1.93. The van der Waals surface area contributed by atoms with Crippen molar-refractivity contribution in [1.82, 2.24) is 4.98 Å². The lowest BCUT2D eigenvalue weighted by atomic mass is 10.1. The first-order valence-electron chi connectivity index (χ1n) is 6.13. The largest absolute Gasteiger partial charge is 0.481 e. The van der Waals surface area contributed by atoms with Crippen molar-refractivity contribution in [3.8, 4) is 0 Å². The third-order valence-corrected chi connectivity index (χ3v) is 5.02. The van der Waals surface area contributed by atoms with Crippen molar-refractivity contribution in [3.05, 3.63) is 40.9 Å².